The van der Waals surface area contributed by atoms with E-state index in [-0.39, 0.29) is 15.8 Å². The van der Waals surface area contributed by atoms with Crippen LogP contribution in [0.25, 0.3) is 0 Å². The topological polar surface area (TPSA) is 0 Å². The second-order valence-corrected chi connectivity index (χ2v) is 60.2. The Hall–Kier alpha value is -0.744. The zero-order valence-corrected chi connectivity index (χ0v) is 36.8. The predicted octanol–water partition coefficient (Wildman–Crippen LogP) is 12.4. The Kier molecular flexibility index (Phi) is 3.12. The van der Waals surface area contributed by atoms with Crippen molar-refractivity contribution in [2.24, 2.45) is 0 Å². The Bertz CT molecular complexity index is 2290. The summed E-state index contributed by atoms with van der Waals surface area (Å²) in [5.74, 6) is 0. The first-order valence-electron chi connectivity index (χ1n) is 20.0. The molecule has 10 fully saturated rings. The quantitative estimate of drug-likeness (QED) is 0.122. The summed E-state index contributed by atoms with van der Waals surface area (Å²) in [6.45, 7) is 27.5. The van der Waals surface area contributed by atoms with E-state index in [0.29, 0.717) is 24.6 Å². The van der Waals surface area contributed by atoms with Crippen molar-refractivity contribution in [3.63, 3.8) is 0 Å². The van der Waals surface area contributed by atoms with Crippen molar-refractivity contribution in [1.29, 1.82) is 0 Å². The third-order valence-electron chi connectivity index (χ3n) is 23.8. The Morgan fingerprint density at radius 1 is 0.460 bits per heavy atom. The maximum atomic E-state index is 2.66. The van der Waals surface area contributed by atoms with Crippen molar-refractivity contribution < 1.29 is 6.51 Å². The maximum absolute atomic E-state index is 4.40. The number of hydrogen-bond acceptors (Lipinski definition) is 0. The van der Waals surface area contributed by atoms with Gasteiger partial charge in [0, 0.05) is 0 Å². The van der Waals surface area contributed by atoms with Gasteiger partial charge < -0.3 is 0 Å². The molecule has 268 valence electrons. The molecule has 0 amide bonds. The van der Waals surface area contributed by atoms with Gasteiger partial charge in [0.2, 0.25) is 0 Å². The molecular weight excluding hydrogens is 698 g/mol. The van der Waals surface area contributed by atoms with E-state index in [9.17, 15) is 0 Å². The molecule has 50 heavy (non-hydrogen) atoms. The summed E-state index contributed by atoms with van der Waals surface area (Å²) in [5, 5.41) is 6.92. The van der Waals surface area contributed by atoms with Gasteiger partial charge in [-0.2, -0.15) is 0 Å². The summed E-state index contributed by atoms with van der Waals surface area (Å²) >= 11 is 0. The summed E-state index contributed by atoms with van der Waals surface area (Å²) in [4.78, 5) is 8.52. The Morgan fingerprint density at radius 3 is 1.00 bits per heavy atom. The molecule has 10 aliphatic rings. The van der Waals surface area contributed by atoms with Crippen LogP contribution in [0.4, 0.5) is 0 Å². The van der Waals surface area contributed by atoms with Crippen molar-refractivity contribution in [2.45, 2.75) is 150 Å². The number of benzene rings is 3. The molecule has 0 aromatic heterocycles. The van der Waals surface area contributed by atoms with Gasteiger partial charge in [0.15, 0.2) is 0 Å². The SMILES string of the molecule is CC(C)(C)P(C[C]12[CH]3[CH]4[CH]5[C]1(CP(C(C)(C)C)C(C)(C)C)[Fe]43521678[CH]2[CH]1[CH]6[C]7([Si](c1ccccc1)(c1ccccc1)c1ccccc1)[CH]28)C(C)(C)C. The molecule has 10 saturated heterocycles. The van der Waals surface area contributed by atoms with Gasteiger partial charge in [-0.3, -0.25) is 0 Å². The van der Waals surface area contributed by atoms with Gasteiger partial charge in [0.1, 0.15) is 0 Å². The molecule has 13 rings (SSSR count). The molecule has 3 aromatic carbocycles. The van der Waals surface area contributed by atoms with Gasteiger partial charge in [-0.05, 0) is 0 Å². The first-order valence-corrected chi connectivity index (χ1v) is 31.2. The van der Waals surface area contributed by atoms with Crippen molar-refractivity contribution in [3.05, 3.63) is 91.0 Å². The summed E-state index contributed by atoms with van der Waals surface area (Å²) in [7, 11) is -2.68. The standard InChI is InChI=1S/C23H43P2.C23H19Si.Fe/c1-20(2,3)24(21(4,5)6)16-18-14-13-15-19(18)17-25(22(7,8)9)23(10,11)12;1-4-12-20(13-5-1)24(23-18-10-11-19-23,21-14-6-2-7-15-21)22-16-8-3-9-17-22;/h13-15H,16-17H2,1-12H3;1-19H;. The minimum atomic E-state index is -4.40. The first-order chi connectivity index (χ1) is 23.1. The van der Waals surface area contributed by atoms with Crippen molar-refractivity contribution in [3.8, 4) is 0 Å². The molecule has 10 aliphatic heterocycles. The van der Waals surface area contributed by atoms with Gasteiger partial charge in [0.05, 0.1) is 0 Å². The molecule has 3 aromatic rings. The molecule has 0 bridgehead atoms. The van der Waals surface area contributed by atoms with E-state index in [1.807, 2.05) is 0 Å². The van der Waals surface area contributed by atoms with E-state index in [1.165, 1.54) is 33.7 Å². The van der Waals surface area contributed by atoms with E-state index in [2.05, 4.69) is 174 Å². The Morgan fingerprint density at radius 2 is 0.760 bits per heavy atom. The second kappa shape index (κ2) is 5.11. The van der Waals surface area contributed by atoms with Crippen LogP contribution in [0.5, 0.6) is 0 Å². The van der Waals surface area contributed by atoms with Gasteiger partial charge >= 0.3 is 299 Å². The van der Waals surface area contributed by atoms with Gasteiger partial charge in [-0.1, -0.05) is 0 Å². The molecule has 0 aliphatic carbocycles. The molecule has 0 saturated carbocycles. The zero-order chi connectivity index (χ0) is 35.3. The molecule has 8 atom stereocenters. The Labute approximate surface area is 297 Å². The van der Waals surface area contributed by atoms with Crippen LogP contribution in [0.2, 0.25) is 46.3 Å². The molecule has 1 spiro atoms. The number of fused-ring (bicyclic) bond motifs is 10. The predicted molar refractivity (Wildman–Crippen MR) is 221 cm³/mol. The summed E-state index contributed by atoms with van der Waals surface area (Å²) < 4.78 is 2.23. The summed E-state index contributed by atoms with van der Waals surface area (Å²) in [6, 6.07) is 37.4. The van der Waals surface area contributed by atoms with E-state index < -0.39 is 14.6 Å². The van der Waals surface area contributed by atoms with Crippen molar-refractivity contribution in [1.82, 2.24) is 0 Å². The van der Waals surface area contributed by atoms with Gasteiger partial charge in [0.25, 0.3) is 0 Å². The van der Waals surface area contributed by atoms with E-state index >= 15 is 0 Å². The fourth-order valence-electron chi connectivity index (χ4n) is 26.4. The van der Waals surface area contributed by atoms with Crippen LogP contribution in [0.15, 0.2) is 91.0 Å². The minimum absolute atomic E-state index is 0.125. The van der Waals surface area contributed by atoms with Gasteiger partial charge in [-0.15, -0.1) is 0 Å². The van der Waals surface area contributed by atoms with Crippen molar-refractivity contribution in [2.75, 3.05) is 12.3 Å². The molecule has 0 nitrogen and oxygen atoms in total. The average Bonchev–Trinajstić information content (AvgIpc) is 3.99. The van der Waals surface area contributed by atoms with Crippen molar-refractivity contribution >= 4 is 39.5 Å². The van der Waals surface area contributed by atoms with E-state index in [4.69, 9.17) is 0 Å². The number of rotatable bonds is 8. The summed E-state index contributed by atoms with van der Waals surface area (Å²) in [5.41, 5.74) is 0. The Balaban J connectivity index is 1.16. The normalized spacial score (nSPS) is 53.2. The van der Waals surface area contributed by atoms with Crippen LogP contribution in [-0.4, -0.2) is 41.0 Å². The van der Waals surface area contributed by atoms with E-state index in [0.717, 1.165) is 8.63 Å². The van der Waals surface area contributed by atoms with E-state index in [1.54, 1.807) is 27.9 Å². The fraction of sp³-hybridized carbons (Fsp3) is 0.609. The fourth-order valence-corrected chi connectivity index (χ4v) is 142. The molecule has 4 heteroatoms. The van der Waals surface area contributed by atoms with Gasteiger partial charge in [-0.25, -0.2) is 0 Å². The van der Waals surface area contributed by atoms with Crippen LogP contribution in [0.3, 0.4) is 0 Å². The molecule has 8 unspecified atom stereocenters. The van der Waals surface area contributed by atoms with Crippen LogP contribution >= 0.6 is 15.8 Å². The number of hydrogen-bond donors (Lipinski definition) is 0. The molecule has 10 heterocycles. The van der Waals surface area contributed by atoms with Crippen LogP contribution in [0.1, 0.15) is 83.1 Å². The molecule has 0 N–H and O–H groups in total. The monoisotopic (exact) mass is 760 g/mol. The molecule has 0 radical (unpaired) electrons. The first kappa shape index (κ1) is 30.6. The molecular formula is C46H62FeP2Si. The second-order valence-electron chi connectivity index (χ2n) is 24.8. The third-order valence-corrected chi connectivity index (χ3v) is 87.4. The van der Waals surface area contributed by atoms with Crippen LogP contribution in [0, 0.1) is 0 Å². The van der Waals surface area contributed by atoms with Crippen LogP contribution < -0.4 is 15.6 Å². The third kappa shape index (κ3) is 0.962. The summed E-state index contributed by atoms with van der Waals surface area (Å²) in [6.07, 6.45) is 3.31. The average molecular weight is 761 g/mol. The van der Waals surface area contributed by atoms with Crippen LogP contribution in [-0.2, 0) is 6.51 Å². The zero-order valence-electron chi connectivity index (χ0n) is 32.9.